The van der Waals surface area contributed by atoms with Crippen molar-refractivity contribution in [1.82, 2.24) is 9.97 Å². The summed E-state index contributed by atoms with van der Waals surface area (Å²) in [5, 5.41) is 2.71. The van der Waals surface area contributed by atoms with E-state index in [4.69, 9.17) is 0 Å². The second kappa shape index (κ2) is 8.16. The number of carbonyl (C=O) groups excluding carboxylic acids is 1. The topological polar surface area (TPSA) is 101 Å². The Morgan fingerprint density at radius 3 is 2.16 bits per heavy atom. The molecule has 0 saturated carbocycles. The van der Waals surface area contributed by atoms with Crippen LogP contribution in [-0.2, 0) is 10.0 Å². The second-order valence-corrected chi connectivity index (χ2v) is 8.78. The number of rotatable bonds is 5. The third kappa shape index (κ3) is 4.39. The summed E-state index contributed by atoms with van der Waals surface area (Å²) >= 11 is 0. The molecule has 8 heteroatoms. The van der Waals surface area contributed by atoms with Crippen LogP contribution in [0.2, 0.25) is 0 Å². The summed E-state index contributed by atoms with van der Waals surface area (Å²) in [7, 11) is -3.77. The van der Waals surface area contributed by atoms with Gasteiger partial charge in [-0.15, -0.1) is 0 Å². The third-order valence-corrected chi connectivity index (χ3v) is 6.19. The molecule has 1 heterocycles. The highest BCUT2D eigenvalue weighted by molar-refractivity contribution is 7.92. The number of amides is 1. The number of anilines is 2. The lowest BCUT2D eigenvalue weighted by molar-refractivity contribution is 0.102. The zero-order valence-electron chi connectivity index (χ0n) is 17.0. The zero-order chi connectivity index (χ0) is 22.0. The van der Waals surface area contributed by atoms with Crippen LogP contribution in [0.3, 0.4) is 0 Å². The fourth-order valence-electron chi connectivity index (χ4n) is 3.15. The Morgan fingerprint density at radius 1 is 0.839 bits per heavy atom. The lowest BCUT2D eigenvalue weighted by atomic mass is 10.1. The fourth-order valence-corrected chi connectivity index (χ4v) is 4.35. The molecule has 3 aromatic carbocycles. The van der Waals surface area contributed by atoms with E-state index in [1.165, 1.54) is 30.5 Å². The minimum Gasteiger partial charge on any atom is -0.321 e. The summed E-state index contributed by atoms with van der Waals surface area (Å²) in [5.41, 5.74) is 4.18. The predicted octanol–water partition coefficient (Wildman–Crippen LogP) is 4.30. The standard InChI is InChI=1S/C23H20N4O3S/c1-15-6-5-7-16(2)22(15)27-31(29,30)18-12-10-17(11-13-18)25-23(28)21-14-24-19-8-3-4-9-20(19)26-21/h3-14,27H,1-2H3,(H,25,28). The first-order chi connectivity index (χ1) is 14.8. The summed E-state index contributed by atoms with van der Waals surface area (Å²) in [6.07, 6.45) is 1.41. The van der Waals surface area contributed by atoms with Crippen LogP contribution in [-0.4, -0.2) is 24.3 Å². The van der Waals surface area contributed by atoms with Gasteiger partial charge in [0.1, 0.15) is 5.69 Å². The molecule has 156 valence electrons. The van der Waals surface area contributed by atoms with Crippen molar-refractivity contribution in [1.29, 1.82) is 0 Å². The Kier molecular flexibility index (Phi) is 5.39. The maximum Gasteiger partial charge on any atom is 0.275 e. The average Bonchev–Trinajstić information content (AvgIpc) is 2.76. The molecule has 2 N–H and O–H groups in total. The van der Waals surface area contributed by atoms with E-state index in [2.05, 4.69) is 20.0 Å². The zero-order valence-corrected chi connectivity index (χ0v) is 17.8. The molecule has 0 radical (unpaired) electrons. The molecule has 0 aliphatic rings. The van der Waals surface area contributed by atoms with Crippen LogP contribution in [0.5, 0.6) is 0 Å². The number of hydrogen-bond acceptors (Lipinski definition) is 5. The number of hydrogen-bond donors (Lipinski definition) is 2. The van der Waals surface area contributed by atoms with Crippen LogP contribution < -0.4 is 10.0 Å². The van der Waals surface area contributed by atoms with Gasteiger partial charge in [0.05, 0.1) is 27.8 Å². The van der Waals surface area contributed by atoms with Crippen molar-refractivity contribution < 1.29 is 13.2 Å². The number of aryl methyl sites for hydroxylation is 2. The van der Waals surface area contributed by atoms with E-state index in [1.807, 2.05) is 50.2 Å². The largest absolute Gasteiger partial charge is 0.321 e. The van der Waals surface area contributed by atoms with Gasteiger partial charge in [0, 0.05) is 5.69 Å². The molecule has 1 amide bonds. The minimum absolute atomic E-state index is 0.0960. The van der Waals surface area contributed by atoms with Gasteiger partial charge in [0.2, 0.25) is 0 Å². The number of aromatic nitrogens is 2. The summed E-state index contributed by atoms with van der Waals surface area (Å²) in [6, 6.07) is 18.8. The molecular formula is C23H20N4O3S. The van der Waals surface area contributed by atoms with Gasteiger partial charge in [-0.25, -0.2) is 13.4 Å². The van der Waals surface area contributed by atoms with E-state index < -0.39 is 15.9 Å². The summed E-state index contributed by atoms with van der Waals surface area (Å²) in [5.74, 6) is -0.428. The maximum absolute atomic E-state index is 12.8. The van der Waals surface area contributed by atoms with Gasteiger partial charge < -0.3 is 5.32 Å². The average molecular weight is 433 g/mol. The summed E-state index contributed by atoms with van der Waals surface area (Å²) in [4.78, 5) is 21.2. The number of carbonyl (C=O) groups is 1. The van der Waals surface area contributed by atoms with Crippen LogP contribution >= 0.6 is 0 Å². The normalized spacial score (nSPS) is 11.3. The number of sulfonamides is 1. The summed E-state index contributed by atoms with van der Waals surface area (Å²) < 4.78 is 28.2. The van der Waals surface area contributed by atoms with Crippen molar-refractivity contribution in [3.8, 4) is 0 Å². The quantitative estimate of drug-likeness (QED) is 0.490. The van der Waals surface area contributed by atoms with E-state index in [0.29, 0.717) is 22.4 Å². The number of nitrogens with zero attached hydrogens (tertiary/aromatic N) is 2. The van der Waals surface area contributed by atoms with E-state index in [1.54, 1.807) is 6.07 Å². The van der Waals surface area contributed by atoms with E-state index in [9.17, 15) is 13.2 Å². The Labute approximate surface area is 180 Å². The van der Waals surface area contributed by atoms with Crippen LogP contribution in [0.4, 0.5) is 11.4 Å². The van der Waals surface area contributed by atoms with Crippen LogP contribution in [0, 0.1) is 13.8 Å². The van der Waals surface area contributed by atoms with Crippen molar-refractivity contribution in [3.63, 3.8) is 0 Å². The molecule has 4 aromatic rings. The monoisotopic (exact) mass is 432 g/mol. The van der Waals surface area contributed by atoms with Gasteiger partial charge in [-0.05, 0) is 61.4 Å². The Hall–Kier alpha value is -3.78. The predicted molar refractivity (Wildman–Crippen MR) is 121 cm³/mol. The molecule has 0 atom stereocenters. The van der Waals surface area contributed by atoms with Gasteiger partial charge in [-0.2, -0.15) is 0 Å². The van der Waals surface area contributed by atoms with Crippen molar-refractivity contribution in [2.24, 2.45) is 0 Å². The molecule has 0 aliphatic heterocycles. The molecular weight excluding hydrogens is 412 g/mol. The van der Waals surface area contributed by atoms with E-state index in [-0.39, 0.29) is 10.6 Å². The van der Waals surface area contributed by atoms with Crippen molar-refractivity contribution in [3.05, 3.63) is 89.7 Å². The second-order valence-electron chi connectivity index (χ2n) is 7.09. The smallest absolute Gasteiger partial charge is 0.275 e. The molecule has 0 aliphatic carbocycles. The maximum atomic E-state index is 12.8. The highest BCUT2D eigenvalue weighted by atomic mass is 32.2. The number of fused-ring (bicyclic) bond motifs is 1. The van der Waals surface area contributed by atoms with Crippen molar-refractivity contribution in [2.45, 2.75) is 18.7 Å². The summed E-state index contributed by atoms with van der Waals surface area (Å²) in [6.45, 7) is 3.69. The molecule has 1 aromatic heterocycles. The van der Waals surface area contributed by atoms with Gasteiger partial charge in [-0.3, -0.25) is 14.5 Å². The number of para-hydroxylation sites is 3. The lowest BCUT2D eigenvalue weighted by Crippen LogP contribution is -2.16. The first kappa shape index (κ1) is 20.5. The molecule has 31 heavy (non-hydrogen) atoms. The number of nitrogens with one attached hydrogen (secondary N) is 2. The number of benzene rings is 3. The van der Waals surface area contributed by atoms with E-state index >= 15 is 0 Å². The van der Waals surface area contributed by atoms with Crippen LogP contribution in [0.15, 0.2) is 77.8 Å². The van der Waals surface area contributed by atoms with Crippen molar-refractivity contribution >= 4 is 38.3 Å². The Morgan fingerprint density at radius 2 is 1.48 bits per heavy atom. The minimum atomic E-state index is -3.77. The van der Waals surface area contributed by atoms with Gasteiger partial charge >= 0.3 is 0 Å². The van der Waals surface area contributed by atoms with Gasteiger partial charge in [0.25, 0.3) is 15.9 Å². The lowest BCUT2D eigenvalue weighted by Gasteiger charge is -2.13. The van der Waals surface area contributed by atoms with Crippen LogP contribution in [0.25, 0.3) is 11.0 Å². The fraction of sp³-hybridized carbons (Fsp3) is 0.0870. The highest BCUT2D eigenvalue weighted by Gasteiger charge is 2.17. The SMILES string of the molecule is Cc1cccc(C)c1NS(=O)(=O)c1ccc(NC(=O)c2cnc3ccccc3n2)cc1. The molecule has 0 unspecified atom stereocenters. The first-order valence-corrected chi connectivity index (χ1v) is 11.0. The van der Waals surface area contributed by atoms with E-state index in [0.717, 1.165) is 11.1 Å². The highest BCUT2D eigenvalue weighted by Crippen LogP contribution is 2.24. The molecule has 0 saturated heterocycles. The van der Waals surface area contributed by atoms with Gasteiger partial charge in [0.15, 0.2) is 0 Å². The molecule has 4 rings (SSSR count). The molecule has 0 fully saturated rings. The third-order valence-electron chi connectivity index (χ3n) is 4.82. The molecule has 7 nitrogen and oxygen atoms in total. The molecule has 0 bridgehead atoms. The van der Waals surface area contributed by atoms with Crippen LogP contribution in [0.1, 0.15) is 21.6 Å². The molecule has 0 spiro atoms. The Bertz CT molecular complexity index is 1360. The Balaban J connectivity index is 1.51. The first-order valence-electron chi connectivity index (χ1n) is 9.56. The van der Waals surface area contributed by atoms with Gasteiger partial charge in [-0.1, -0.05) is 30.3 Å². The van der Waals surface area contributed by atoms with Crippen molar-refractivity contribution in [2.75, 3.05) is 10.0 Å².